The molecule has 1 aliphatic carbocycles. The zero-order valence-electron chi connectivity index (χ0n) is 38.1. The van der Waals surface area contributed by atoms with Crippen LogP contribution in [-0.4, -0.2) is 103 Å². The first-order chi connectivity index (χ1) is 28.5. The molecule has 0 spiro atoms. The van der Waals surface area contributed by atoms with Crippen molar-refractivity contribution in [3.8, 4) is 0 Å². The number of carbonyl (C=O) groups excluding carboxylic acids is 3. The second-order valence-corrected chi connectivity index (χ2v) is 19.3. The maximum Gasteiger partial charge on any atom is 0.472 e. The van der Waals surface area contributed by atoms with E-state index in [1.165, 1.54) is 11.1 Å². The molecule has 6 atom stereocenters. The number of quaternary nitrogens is 1. The monoisotopic (exact) mass is 871 g/mol. The van der Waals surface area contributed by atoms with Crippen molar-refractivity contribution < 1.29 is 61.5 Å². The molecule has 1 heterocycles. The third-order valence-electron chi connectivity index (χ3n) is 11.4. The van der Waals surface area contributed by atoms with E-state index in [9.17, 15) is 34.1 Å². The van der Waals surface area contributed by atoms with Gasteiger partial charge in [0.15, 0.2) is 6.10 Å². The third kappa shape index (κ3) is 22.6. The fraction of sp³-hybridized carbons (Fsp3) is 0.804. The van der Waals surface area contributed by atoms with Gasteiger partial charge in [-0.2, -0.15) is 0 Å². The predicted octanol–water partition coefficient (Wildman–Crippen LogP) is 8.82. The number of Topliss-reactive ketones (excluding diaryl/α,β-unsaturated/α-hetero) is 1. The molecule has 0 aliphatic heterocycles. The van der Waals surface area contributed by atoms with Crippen LogP contribution in [0, 0.1) is 25.7 Å². The van der Waals surface area contributed by atoms with Gasteiger partial charge in [0.25, 0.3) is 0 Å². The molecule has 1 unspecified atom stereocenters. The number of hydrogen-bond donors (Lipinski definition) is 3. The van der Waals surface area contributed by atoms with Crippen molar-refractivity contribution in [1.82, 2.24) is 0 Å². The highest BCUT2D eigenvalue weighted by atomic mass is 31.2. The summed E-state index contributed by atoms with van der Waals surface area (Å²) in [5, 5.41) is 20.8. The van der Waals surface area contributed by atoms with Gasteiger partial charge in [0.05, 0.1) is 40.0 Å². The molecule has 3 N–H and O–H groups in total. The molecule has 0 aromatic carbocycles. The number of likely N-dealkylation sites (N-methyl/N-ethyl adjacent to an activating group) is 1. The van der Waals surface area contributed by atoms with Gasteiger partial charge in [-0.25, -0.2) is 4.57 Å². The highest BCUT2D eigenvalue weighted by Crippen LogP contribution is 2.43. The molecule has 2 rings (SSSR count). The van der Waals surface area contributed by atoms with Crippen molar-refractivity contribution in [2.24, 2.45) is 11.8 Å². The Morgan fingerprint density at radius 1 is 0.833 bits per heavy atom. The van der Waals surface area contributed by atoms with Crippen molar-refractivity contribution in [1.29, 1.82) is 0 Å². The first-order valence-corrected chi connectivity index (χ1v) is 24.4. The second-order valence-electron chi connectivity index (χ2n) is 17.8. The summed E-state index contributed by atoms with van der Waals surface area (Å²) >= 11 is 0. The number of furan rings is 1. The summed E-state index contributed by atoms with van der Waals surface area (Å²) in [6.45, 7) is 8.19. The van der Waals surface area contributed by atoms with Gasteiger partial charge in [0, 0.05) is 38.0 Å². The minimum atomic E-state index is -4.46. The van der Waals surface area contributed by atoms with E-state index in [0.29, 0.717) is 43.1 Å². The summed E-state index contributed by atoms with van der Waals surface area (Å²) in [5.41, 5.74) is 2.55. The third-order valence-corrected chi connectivity index (χ3v) is 12.4. The van der Waals surface area contributed by atoms with Crippen LogP contribution in [0.4, 0.5) is 0 Å². The number of unbranched alkanes of at least 4 members (excludes halogenated alkanes) is 10. The molecule has 1 aromatic heterocycles. The number of aryl methyl sites for hydroxylation is 2. The Bertz CT molecular complexity index is 1470. The Morgan fingerprint density at radius 3 is 2.10 bits per heavy atom. The van der Waals surface area contributed by atoms with Gasteiger partial charge < -0.3 is 33.5 Å². The first kappa shape index (κ1) is 53.8. The van der Waals surface area contributed by atoms with Crippen LogP contribution in [0.1, 0.15) is 158 Å². The number of aliphatic hydroxyl groups is 2. The molecule has 1 fully saturated rings. The van der Waals surface area contributed by atoms with Crippen LogP contribution in [0.5, 0.6) is 0 Å². The number of aliphatic hydroxyl groups excluding tert-OH is 2. The van der Waals surface area contributed by atoms with Crippen molar-refractivity contribution in [3.63, 3.8) is 0 Å². The van der Waals surface area contributed by atoms with E-state index in [1.54, 1.807) is 12.2 Å². The SMILES string of the molecule is CCCCC[C@H](O)/C=C/[C@H]1C(=O)C[C@H](O)[C@@H]1CCCCCCC(=O)O[C@H](COC(=O)CCCCCCCCc1oc(CCC)c(C)c1C)COP(=O)(O)OCC[N+](C)(C)C. The van der Waals surface area contributed by atoms with E-state index >= 15 is 0 Å². The minimum absolute atomic E-state index is 0.000903. The van der Waals surface area contributed by atoms with Crippen LogP contribution in [0.25, 0.3) is 0 Å². The lowest BCUT2D eigenvalue weighted by Crippen LogP contribution is -2.37. The molecule has 0 amide bonds. The zero-order chi connectivity index (χ0) is 44.6. The number of ketones is 1. The predicted molar refractivity (Wildman–Crippen MR) is 233 cm³/mol. The van der Waals surface area contributed by atoms with Crippen LogP contribution >= 0.6 is 7.82 Å². The van der Waals surface area contributed by atoms with Crippen molar-refractivity contribution in [2.75, 3.05) is 47.5 Å². The standard InChI is InChI=1S/C46H80NO12P/c1-8-10-17-23-37(48)28-29-40-39(41(49)32-42(40)50)24-18-15-16-21-27-46(52)58-38(34-57-60(53,54)56-31-30-47(5,6)7)33-55-45(51)26-20-14-12-11-13-19-25-44-36(4)35(3)43(59-44)22-9-2/h28-29,37-41,48-49H,8-27,30-34H2,1-7H3/p+1/b29-28+/t37-,38+,39+,40+,41-/m0/s1. The van der Waals surface area contributed by atoms with Gasteiger partial charge in [0.2, 0.25) is 0 Å². The number of nitrogens with zero attached hydrogens (tertiary/aromatic N) is 1. The molecule has 0 bridgehead atoms. The molecule has 0 saturated heterocycles. The van der Waals surface area contributed by atoms with Gasteiger partial charge >= 0.3 is 19.8 Å². The number of rotatable bonds is 34. The molecular formula is C46H81NO12P+. The second kappa shape index (κ2) is 29.1. The number of phosphoric acid groups is 1. The Balaban J connectivity index is 1.76. The molecule has 13 nitrogen and oxygen atoms in total. The lowest BCUT2D eigenvalue weighted by Gasteiger charge is -2.24. The van der Waals surface area contributed by atoms with Crippen molar-refractivity contribution >= 4 is 25.5 Å². The van der Waals surface area contributed by atoms with E-state index < -0.39 is 50.6 Å². The van der Waals surface area contributed by atoms with Gasteiger partial charge in [-0.05, 0) is 69.4 Å². The average molecular weight is 871 g/mol. The Kier molecular flexibility index (Phi) is 26.0. The van der Waals surface area contributed by atoms with Gasteiger partial charge in [-0.15, -0.1) is 0 Å². The molecular weight excluding hydrogens is 789 g/mol. The fourth-order valence-electron chi connectivity index (χ4n) is 7.49. The Morgan fingerprint density at radius 2 is 1.45 bits per heavy atom. The summed E-state index contributed by atoms with van der Waals surface area (Å²) in [7, 11) is 1.31. The quantitative estimate of drug-likeness (QED) is 0.0197. The maximum absolute atomic E-state index is 12.9. The van der Waals surface area contributed by atoms with Gasteiger partial charge in [-0.1, -0.05) is 90.2 Å². The number of phosphoric ester groups is 1. The smallest absolute Gasteiger partial charge is 0.466 e. The topological polar surface area (TPSA) is 179 Å². The molecule has 0 radical (unpaired) electrons. The van der Waals surface area contributed by atoms with E-state index in [2.05, 4.69) is 27.7 Å². The summed E-state index contributed by atoms with van der Waals surface area (Å²) in [5.74, 6) is 0.628. The molecule has 1 aromatic rings. The lowest BCUT2D eigenvalue weighted by molar-refractivity contribution is -0.870. The maximum atomic E-state index is 12.9. The number of esters is 2. The zero-order valence-corrected chi connectivity index (χ0v) is 39.0. The van der Waals surface area contributed by atoms with E-state index in [-0.39, 0.29) is 44.2 Å². The largest absolute Gasteiger partial charge is 0.472 e. The summed E-state index contributed by atoms with van der Waals surface area (Å²) in [6.07, 6.45) is 17.4. The van der Waals surface area contributed by atoms with Crippen molar-refractivity contribution in [2.45, 2.75) is 181 Å². The van der Waals surface area contributed by atoms with Crippen molar-refractivity contribution in [3.05, 3.63) is 34.8 Å². The highest BCUT2D eigenvalue weighted by Gasteiger charge is 2.39. The minimum Gasteiger partial charge on any atom is -0.466 e. The molecule has 1 aliphatic rings. The molecule has 346 valence electrons. The van der Waals surface area contributed by atoms with Crippen LogP contribution in [0.3, 0.4) is 0 Å². The summed E-state index contributed by atoms with van der Waals surface area (Å²) in [4.78, 5) is 48.3. The number of hydrogen-bond acceptors (Lipinski definition) is 11. The summed E-state index contributed by atoms with van der Waals surface area (Å²) in [6, 6.07) is 0. The van der Waals surface area contributed by atoms with Gasteiger partial charge in [0.1, 0.15) is 37.1 Å². The lowest BCUT2D eigenvalue weighted by atomic mass is 9.88. The van der Waals surface area contributed by atoms with Crippen LogP contribution in [0.2, 0.25) is 0 Å². The van der Waals surface area contributed by atoms with Crippen LogP contribution in [-0.2, 0) is 50.3 Å². The van der Waals surface area contributed by atoms with E-state index in [4.69, 9.17) is 22.9 Å². The Labute approximate surface area is 361 Å². The highest BCUT2D eigenvalue weighted by molar-refractivity contribution is 7.47. The van der Waals surface area contributed by atoms with Crippen LogP contribution in [0.15, 0.2) is 16.6 Å². The first-order valence-electron chi connectivity index (χ1n) is 22.9. The molecule has 1 saturated carbocycles. The van der Waals surface area contributed by atoms with E-state index in [1.807, 2.05) is 21.1 Å². The fourth-order valence-corrected chi connectivity index (χ4v) is 8.24. The normalized spacial score (nSPS) is 19.2. The molecule has 60 heavy (non-hydrogen) atoms. The number of ether oxygens (including phenoxy) is 2. The number of allylic oxidation sites excluding steroid dienone is 1. The van der Waals surface area contributed by atoms with E-state index in [0.717, 1.165) is 95.0 Å². The molecule has 14 heteroatoms. The Hall–Kier alpha value is -2.38. The summed E-state index contributed by atoms with van der Waals surface area (Å²) < 4.78 is 40.4. The van der Waals surface area contributed by atoms with Crippen LogP contribution < -0.4 is 0 Å². The number of carbonyl (C=O) groups is 3. The average Bonchev–Trinajstić information content (AvgIpc) is 3.60. The van der Waals surface area contributed by atoms with Gasteiger partial charge in [-0.3, -0.25) is 23.4 Å².